The average molecular weight is 272 g/mol. The molecule has 3 rings (SSSR count). The molecule has 1 heterocycles. The Morgan fingerprint density at radius 2 is 2.10 bits per heavy atom. The van der Waals surface area contributed by atoms with Crippen LogP contribution >= 0.6 is 0 Å². The molecule has 2 aromatic rings. The lowest BCUT2D eigenvalue weighted by Gasteiger charge is -2.07. The molecular weight excluding hydrogens is 260 g/mol. The van der Waals surface area contributed by atoms with Gasteiger partial charge in [-0.05, 0) is 42.5 Å². The van der Waals surface area contributed by atoms with E-state index in [1.165, 1.54) is 11.1 Å². The number of nitrogens with two attached hydrogens (primary N) is 1. The van der Waals surface area contributed by atoms with Crippen LogP contribution < -0.4 is 10.5 Å². The Balaban J connectivity index is 1.95. The van der Waals surface area contributed by atoms with Crippen LogP contribution in [0.2, 0.25) is 0 Å². The number of hydrogen-bond acceptors (Lipinski definition) is 6. The fourth-order valence-electron chi connectivity index (χ4n) is 2.30. The molecule has 1 aromatic carbocycles. The van der Waals surface area contributed by atoms with Gasteiger partial charge in [-0.1, -0.05) is 6.07 Å². The second-order valence-electron chi connectivity index (χ2n) is 4.56. The predicted molar refractivity (Wildman–Crippen MR) is 71.6 cm³/mol. The maximum absolute atomic E-state index is 10.9. The van der Waals surface area contributed by atoms with Gasteiger partial charge in [-0.25, -0.2) is 4.98 Å². The summed E-state index contributed by atoms with van der Waals surface area (Å²) in [5.74, 6) is 0.319. The highest BCUT2D eigenvalue weighted by molar-refractivity contribution is 5.46. The zero-order valence-electron chi connectivity index (χ0n) is 10.6. The first-order chi connectivity index (χ1) is 9.63. The number of aryl methyl sites for hydroxylation is 2. The summed E-state index contributed by atoms with van der Waals surface area (Å²) in [6.07, 6.45) is 4.24. The van der Waals surface area contributed by atoms with Crippen molar-refractivity contribution in [1.82, 2.24) is 9.97 Å². The molecule has 0 saturated carbocycles. The number of anilines is 1. The summed E-state index contributed by atoms with van der Waals surface area (Å²) in [6, 6.07) is 5.66. The highest BCUT2D eigenvalue weighted by Crippen LogP contribution is 2.32. The number of ether oxygens (including phenoxy) is 1. The number of nitro groups is 1. The first-order valence-electron chi connectivity index (χ1n) is 6.20. The van der Waals surface area contributed by atoms with Crippen LogP contribution in [0.3, 0.4) is 0 Å². The average Bonchev–Trinajstić information content (AvgIpc) is 2.85. The minimum atomic E-state index is -0.595. The molecule has 0 unspecified atom stereocenters. The molecule has 0 bridgehead atoms. The number of hydrogen-bond donors (Lipinski definition) is 1. The molecule has 0 saturated heterocycles. The molecule has 1 aliphatic carbocycles. The minimum Gasteiger partial charge on any atom is -0.434 e. The first kappa shape index (κ1) is 12.3. The van der Waals surface area contributed by atoms with Crippen molar-refractivity contribution in [3.63, 3.8) is 0 Å². The number of fused-ring (bicyclic) bond motifs is 1. The number of nitrogens with zero attached hydrogens (tertiary/aromatic N) is 3. The lowest BCUT2D eigenvalue weighted by atomic mass is 10.1. The van der Waals surface area contributed by atoms with Crippen molar-refractivity contribution in [2.45, 2.75) is 19.3 Å². The molecule has 1 aliphatic rings. The predicted octanol–water partition coefficient (Wildman–Crippen LogP) is 2.25. The van der Waals surface area contributed by atoms with E-state index in [1.54, 1.807) is 6.07 Å². The fraction of sp³-hybridized carbons (Fsp3) is 0.231. The van der Waals surface area contributed by atoms with Gasteiger partial charge in [0.15, 0.2) is 0 Å². The quantitative estimate of drug-likeness (QED) is 0.678. The lowest BCUT2D eigenvalue weighted by Crippen LogP contribution is -2.01. The van der Waals surface area contributed by atoms with Gasteiger partial charge in [0.2, 0.25) is 5.95 Å². The standard InChI is InChI=1S/C13H12N4O3/c14-13-15-7-11(17(18)19)12(16-13)20-10-5-4-8-2-1-3-9(8)6-10/h4-7H,1-3H2,(H2,14,15,16). The van der Waals surface area contributed by atoms with Gasteiger partial charge in [0.05, 0.1) is 4.92 Å². The van der Waals surface area contributed by atoms with Crippen LogP contribution in [0.15, 0.2) is 24.4 Å². The molecule has 0 spiro atoms. The van der Waals surface area contributed by atoms with Crippen LogP contribution in [0.25, 0.3) is 0 Å². The molecule has 7 nitrogen and oxygen atoms in total. The molecule has 2 N–H and O–H groups in total. The topological polar surface area (TPSA) is 104 Å². The molecule has 0 radical (unpaired) electrons. The van der Waals surface area contributed by atoms with E-state index >= 15 is 0 Å². The highest BCUT2D eigenvalue weighted by atomic mass is 16.6. The Hall–Kier alpha value is -2.70. The van der Waals surface area contributed by atoms with Gasteiger partial charge in [-0.15, -0.1) is 0 Å². The monoisotopic (exact) mass is 272 g/mol. The molecule has 0 atom stereocenters. The van der Waals surface area contributed by atoms with Crippen LogP contribution in [-0.2, 0) is 12.8 Å². The summed E-state index contributed by atoms with van der Waals surface area (Å²) in [4.78, 5) is 17.7. The van der Waals surface area contributed by atoms with Gasteiger partial charge >= 0.3 is 11.6 Å². The van der Waals surface area contributed by atoms with Gasteiger partial charge in [0.25, 0.3) is 0 Å². The van der Waals surface area contributed by atoms with Gasteiger partial charge < -0.3 is 10.5 Å². The van der Waals surface area contributed by atoms with E-state index in [2.05, 4.69) is 9.97 Å². The summed E-state index contributed by atoms with van der Waals surface area (Å²) in [7, 11) is 0. The highest BCUT2D eigenvalue weighted by Gasteiger charge is 2.20. The summed E-state index contributed by atoms with van der Waals surface area (Å²) >= 11 is 0. The maximum atomic E-state index is 10.9. The van der Waals surface area contributed by atoms with Gasteiger partial charge in [0, 0.05) is 0 Å². The zero-order valence-corrected chi connectivity index (χ0v) is 10.6. The number of nitrogen functional groups attached to an aromatic ring is 1. The molecule has 1 aromatic heterocycles. The third-order valence-electron chi connectivity index (χ3n) is 3.24. The summed E-state index contributed by atoms with van der Waals surface area (Å²) in [5, 5.41) is 10.9. The number of benzene rings is 1. The third kappa shape index (κ3) is 2.25. The Labute approximate surface area is 114 Å². The van der Waals surface area contributed by atoms with E-state index in [9.17, 15) is 10.1 Å². The SMILES string of the molecule is Nc1ncc([N+](=O)[O-])c(Oc2ccc3c(c2)CCC3)n1. The van der Waals surface area contributed by atoms with Crippen molar-refractivity contribution in [3.8, 4) is 11.6 Å². The van der Waals surface area contributed by atoms with Crippen molar-refractivity contribution >= 4 is 11.6 Å². The van der Waals surface area contributed by atoms with E-state index in [-0.39, 0.29) is 17.5 Å². The van der Waals surface area contributed by atoms with Crippen molar-refractivity contribution in [2.24, 2.45) is 0 Å². The number of aromatic nitrogens is 2. The second kappa shape index (κ2) is 4.76. The van der Waals surface area contributed by atoms with Crippen LogP contribution in [0, 0.1) is 10.1 Å². The molecular formula is C13H12N4O3. The minimum absolute atomic E-state index is 0.0632. The normalized spacial score (nSPS) is 13.0. The molecule has 0 aliphatic heterocycles. The summed E-state index contributed by atoms with van der Waals surface area (Å²) in [6.45, 7) is 0. The third-order valence-corrected chi connectivity index (χ3v) is 3.24. The van der Waals surface area contributed by atoms with Crippen LogP contribution in [0.1, 0.15) is 17.5 Å². The van der Waals surface area contributed by atoms with E-state index < -0.39 is 4.92 Å². The van der Waals surface area contributed by atoms with Gasteiger partial charge in [-0.3, -0.25) is 10.1 Å². The lowest BCUT2D eigenvalue weighted by molar-refractivity contribution is -0.386. The Morgan fingerprint density at radius 1 is 1.30 bits per heavy atom. The van der Waals surface area contributed by atoms with Crippen molar-refractivity contribution in [3.05, 3.63) is 45.6 Å². The molecule has 0 fully saturated rings. The van der Waals surface area contributed by atoms with Crippen LogP contribution in [-0.4, -0.2) is 14.9 Å². The van der Waals surface area contributed by atoms with Gasteiger partial charge in [-0.2, -0.15) is 4.98 Å². The largest absolute Gasteiger partial charge is 0.434 e. The Morgan fingerprint density at radius 3 is 2.90 bits per heavy atom. The van der Waals surface area contributed by atoms with Crippen molar-refractivity contribution in [2.75, 3.05) is 5.73 Å². The molecule has 0 amide bonds. The molecule has 20 heavy (non-hydrogen) atoms. The Bertz CT molecular complexity index is 687. The fourth-order valence-corrected chi connectivity index (χ4v) is 2.30. The van der Waals surface area contributed by atoms with Crippen LogP contribution in [0.5, 0.6) is 11.6 Å². The smallest absolute Gasteiger partial charge is 0.349 e. The van der Waals surface area contributed by atoms with E-state index in [0.717, 1.165) is 25.5 Å². The maximum Gasteiger partial charge on any atom is 0.349 e. The first-order valence-corrected chi connectivity index (χ1v) is 6.20. The van der Waals surface area contributed by atoms with Crippen molar-refractivity contribution < 1.29 is 9.66 Å². The van der Waals surface area contributed by atoms with E-state index in [4.69, 9.17) is 10.5 Å². The summed E-state index contributed by atoms with van der Waals surface area (Å²) in [5.41, 5.74) is 7.66. The molecule has 7 heteroatoms. The van der Waals surface area contributed by atoms with Crippen LogP contribution in [0.4, 0.5) is 11.6 Å². The van der Waals surface area contributed by atoms with E-state index in [1.807, 2.05) is 12.1 Å². The Kier molecular flexibility index (Phi) is 2.94. The zero-order chi connectivity index (χ0) is 14.1. The summed E-state index contributed by atoms with van der Waals surface area (Å²) < 4.78 is 5.50. The second-order valence-corrected chi connectivity index (χ2v) is 4.56. The van der Waals surface area contributed by atoms with E-state index in [0.29, 0.717) is 5.75 Å². The molecule has 102 valence electrons. The number of rotatable bonds is 3. The van der Waals surface area contributed by atoms with Gasteiger partial charge in [0.1, 0.15) is 11.9 Å². The van der Waals surface area contributed by atoms with Crippen molar-refractivity contribution in [1.29, 1.82) is 0 Å².